The Morgan fingerprint density at radius 2 is 2.13 bits per heavy atom. The number of nitrogens with zero attached hydrogens (tertiary/aromatic N) is 1. The lowest BCUT2D eigenvalue weighted by Crippen LogP contribution is -2.38. The van der Waals surface area contributed by atoms with Crippen LogP contribution >= 0.6 is 0 Å². The fourth-order valence-electron chi connectivity index (χ4n) is 3.47. The number of hydrogen-bond donors (Lipinski definition) is 1. The molecule has 2 bridgehead atoms. The van der Waals surface area contributed by atoms with Gasteiger partial charge >= 0.3 is 0 Å². The third kappa shape index (κ3) is 2.34. The smallest absolute Gasteiger partial charge is 0.0666 e. The van der Waals surface area contributed by atoms with Crippen LogP contribution in [0.4, 0.5) is 0 Å². The maximum Gasteiger partial charge on any atom is 0.0666 e. The average molecular weight is 206 g/mol. The van der Waals surface area contributed by atoms with E-state index in [9.17, 15) is 0 Å². The minimum absolute atomic E-state index is 0.144. The molecule has 5 atom stereocenters. The Kier molecular flexibility index (Phi) is 3.31. The zero-order valence-corrected chi connectivity index (χ0v) is 9.87. The molecule has 84 valence electrons. The Hall–Kier alpha value is -0.550. The van der Waals surface area contributed by atoms with Gasteiger partial charge in [-0.05, 0) is 50.9 Å². The molecule has 2 fully saturated rings. The monoisotopic (exact) mass is 206 g/mol. The van der Waals surface area contributed by atoms with E-state index in [0.29, 0.717) is 6.04 Å². The summed E-state index contributed by atoms with van der Waals surface area (Å²) in [6.07, 6.45) is 5.84. The standard InChI is InChI=1S/C13H22N2/c1-9(7-14)8-15-10(2)13-6-11-3-4-12(13)5-11/h9-13,15H,3-6,8H2,1-2H3. The summed E-state index contributed by atoms with van der Waals surface area (Å²) >= 11 is 0. The van der Waals surface area contributed by atoms with Gasteiger partial charge in [0.05, 0.1) is 12.0 Å². The van der Waals surface area contributed by atoms with Gasteiger partial charge in [0.25, 0.3) is 0 Å². The summed E-state index contributed by atoms with van der Waals surface area (Å²) in [6, 6.07) is 2.89. The van der Waals surface area contributed by atoms with Crippen LogP contribution in [0.25, 0.3) is 0 Å². The predicted molar refractivity (Wildman–Crippen MR) is 61.2 cm³/mol. The molecule has 0 aromatic carbocycles. The van der Waals surface area contributed by atoms with Crippen molar-refractivity contribution in [1.82, 2.24) is 5.32 Å². The second-order valence-corrected chi connectivity index (χ2v) is 5.57. The van der Waals surface area contributed by atoms with E-state index in [1.807, 2.05) is 6.92 Å². The molecule has 0 heterocycles. The number of fused-ring (bicyclic) bond motifs is 2. The molecule has 2 saturated carbocycles. The van der Waals surface area contributed by atoms with E-state index in [1.54, 1.807) is 0 Å². The zero-order chi connectivity index (χ0) is 10.8. The Labute approximate surface area is 93.0 Å². The van der Waals surface area contributed by atoms with Crippen molar-refractivity contribution >= 4 is 0 Å². The summed E-state index contributed by atoms with van der Waals surface area (Å²) in [6.45, 7) is 5.14. The molecule has 0 aromatic rings. The molecular weight excluding hydrogens is 184 g/mol. The minimum atomic E-state index is 0.144. The number of nitrogens with one attached hydrogen (secondary N) is 1. The summed E-state index contributed by atoms with van der Waals surface area (Å²) < 4.78 is 0. The molecular formula is C13H22N2. The van der Waals surface area contributed by atoms with Crippen molar-refractivity contribution in [3.8, 4) is 6.07 Å². The first-order valence-electron chi connectivity index (χ1n) is 6.33. The van der Waals surface area contributed by atoms with Gasteiger partial charge < -0.3 is 5.32 Å². The third-order valence-corrected chi connectivity index (χ3v) is 4.40. The largest absolute Gasteiger partial charge is 0.313 e. The second-order valence-electron chi connectivity index (χ2n) is 5.57. The lowest BCUT2D eigenvalue weighted by atomic mass is 9.84. The lowest BCUT2D eigenvalue weighted by Gasteiger charge is -2.29. The van der Waals surface area contributed by atoms with E-state index in [2.05, 4.69) is 18.3 Å². The molecule has 2 heteroatoms. The second kappa shape index (κ2) is 4.53. The van der Waals surface area contributed by atoms with Crippen molar-refractivity contribution in [1.29, 1.82) is 5.26 Å². The van der Waals surface area contributed by atoms with Crippen molar-refractivity contribution in [2.24, 2.45) is 23.7 Å². The Bertz CT molecular complexity index is 256. The molecule has 0 radical (unpaired) electrons. The Morgan fingerprint density at radius 1 is 1.33 bits per heavy atom. The summed E-state index contributed by atoms with van der Waals surface area (Å²) in [5, 5.41) is 12.3. The maximum atomic E-state index is 8.73. The van der Waals surface area contributed by atoms with E-state index in [4.69, 9.17) is 5.26 Å². The van der Waals surface area contributed by atoms with Crippen molar-refractivity contribution in [3.05, 3.63) is 0 Å². The third-order valence-electron chi connectivity index (χ3n) is 4.40. The fraction of sp³-hybridized carbons (Fsp3) is 0.923. The van der Waals surface area contributed by atoms with Gasteiger partial charge in [-0.1, -0.05) is 6.42 Å². The fourth-order valence-corrected chi connectivity index (χ4v) is 3.47. The van der Waals surface area contributed by atoms with Crippen LogP contribution in [0, 0.1) is 35.0 Å². The molecule has 0 spiro atoms. The molecule has 2 aliphatic carbocycles. The van der Waals surface area contributed by atoms with Gasteiger partial charge in [-0.15, -0.1) is 0 Å². The predicted octanol–water partition coefficient (Wildman–Crippen LogP) is 2.56. The van der Waals surface area contributed by atoms with Crippen molar-refractivity contribution in [3.63, 3.8) is 0 Å². The summed E-state index contributed by atoms with van der Waals surface area (Å²) in [5.41, 5.74) is 0. The molecule has 5 unspecified atom stereocenters. The van der Waals surface area contributed by atoms with Crippen LogP contribution in [0.5, 0.6) is 0 Å². The lowest BCUT2D eigenvalue weighted by molar-refractivity contribution is 0.257. The molecule has 2 nitrogen and oxygen atoms in total. The van der Waals surface area contributed by atoms with Gasteiger partial charge in [0.15, 0.2) is 0 Å². The van der Waals surface area contributed by atoms with Gasteiger partial charge in [0.1, 0.15) is 0 Å². The quantitative estimate of drug-likeness (QED) is 0.767. The summed E-state index contributed by atoms with van der Waals surface area (Å²) in [4.78, 5) is 0. The molecule has 1 N–H and O–H groups in total. The molecule has 2 rings (SSSR count). The highest BCUT2D eigenvalue weighted by atomic mass is 14.9. The number of hydrogen-bond acceptors (Lipinski definition) is 2. The summed E-state index contributed by atoms with van der Waals surface area (Å²) in [7, 11) is 0. The Balaban J connectivity index is 1.77. The number of nitriles is 1. The maximum absolute atomic E-state index is 8.73. The highest BCUT2D eigenvalue weighted by molar-refractivity contribution is 4.94. The SMILES string of the molecule is CC(C#N)CNC(C)C1CC2CCC1C2. The van der Waals surface area contributed by atoms with Crippen molar-refractivity contribution in [2.75, 3.05) is 6.54 Å². The zero-order valence-electron chi connectivity index (χ0n) is 9.87. The minimum Gasteiger partial charge on any atom is -0.313 e. The molecule has 0 amide bonds. The van der Waals surface area contributed by atoms with Crippen molar-refractivity contribution in [2.45, 2.75) is 45.6 Å². The van der Waals surface area contributed by atoms with E-state index in [0.717, 1.165) is 24.3 Å². The van der Waals surface area contributed by atoms with E-state index < -0.39 is 0 Å². The highest BCUT2D eigenvalue weighted by Crippen LogP contribution is 2.49. The highest BCUT2D eigenvalue weighted by Gasteiger charge is 2.41. The van der Waals surface area contributed by atoms with Crippen LogP contribution in [-0.2, 0) is 0 Å². The molecule has 0 saturated heterocycles. The Morgan fingerprint density at radius 3 is 2.67 bits per heavy atom. The van der Waals surface area contributed by atoms with Gasteiger partial charge in [-0.3, -0.25) is 0 Å². The van der Waals surface area contributed by atoms with E-state index in [1.165, 1.54) is 25.7 Å². The topological polar surface area (TPSA) is 35.8 Å². The van der Waals surface area contributed by atoms with E-state index >= 15 is 0 Å². The molecule has 15 heavy (non-hydrogen) atoms. The van der Waals surface area contributed by atoms with Crippen LogP contribution < -0.4 is 5.32 Å². The molecule has 0 aromatic heterocycles. The first kappa shape index (κ1) is 11.0. The average Bonchev–Trinajstić information content (AvgIpc) is 2.86. The van der Waals surface area contributed by atoms with E-state index in [-0.39, 0.29) is 5.92 Å². The normalized spacial score (nSPS) is 37.5. The summed E-state index contributed by atoms with van der Waals surface area (Å²) in [5.74, 6) is 3.04. The first-order valence-corrected chi connectivity index (χ1v) is 6.33. The number of rotatable bonds is 4. The van der Waals surface area contributed by atoms with Crippen LogP contribution in [-0.4, -0.2) is 12.6 Å². The van der Waals surface area contributed by atoms with Crippen LogP contribution in [0.3, 0.4) is 0 Å². The van der Waals surface area contributed by atoms with Gasteiger partial charge in [-0.2, -0.15) is 5.26 Å². The van der Waals surface area contributed by atoms with Crippen LogP contribution in [0.15, 0.2) is 0 Å². The molecule has 2 aliphatic rings. The van der Waals surface area contributed by atoms with Crippen LogP contribution in [0.1, 0.15) is 39.5 Å². The van der Waals surface area contributed by atoms with Gasteiger partial charge in [0, 0.05) is 12.6 Å². The first-order chi connectivity index (χ1) is 7.20. The van der Waals surface area contributed by atoms with Gasteiger partial charge in [0.2, 0.25) is 0 Å². The molecule has 0 aliphatic heterocycles. The van der Waals surface area contributed by atoms with Crippen LogP contribution in [0.2, 0.25) is 0 Å². The van der Waals surface area contributed by atoms with Gasteiger partial charge in [-0.25, -0.2) is 0 Å². The van der Waals surface area contributed by atoms with Crippen molar-refractivity contribution < 1.29 is 0 Å².